The summed E-state index contributed by atoms with van der Waals surface area (Å²) in [6.07, 6.45) is 0. The van der Waals surface area contributed by atoms with Crippen LogP contribution in [0.4, 0.5) is 5.69 Å². The molecule has 0 aromatic heterocycles. The van der Waals surface area contributed by atoms with Gasteiger partial charge in [0.2, 0.25) is 5.91 Å². The second kappa shape index (κ2) is 11.1. The van der Waals surface area contributed by atoms with Crippen LogP contribution in [0.3, 0.4) is 0 Å². The number of rotatable bonds is 7. The molecule has 0 unspecified atom stereocenters. The summed E-state index contributed by atoms with van der Waals surface area (Å²) in [4.78, 5) is 36.5. The summed E-state index contributed by atoms with van der Waals surface area (Å²) in [5, 5.41) is 16.7. The third-order valence-electron chi connectivity index (χ3n) is 5.19. The van der Waals surface area contributed by atoms with Gasteiger partial charge in [0.1, 0.15) is 0 Å². The van der Waals surface area contributed by atoms with Crippen molar-refractivity contribution in [1.29, 1.82) is 5.26 Å². The zero-order valence-corrected chi connectivity index (χ0v) is 20.3. The van der Waals surface area contributed by atoms with Crippen molar-refractivity contribution < 1.29 is 19.1 Å². The Morgan fingerprint density at radius 3 is 2.44 bits per heavy atom. The predicted octanol–water partition coefficient (Wildman–Crippen LogP) is 4.78. The van der Waals surface area contributed by atoms with E-state index in [4.69, 9.17) is 16.3 Å². The number of dihydropyridines is 1. The van der Waals surface area contributed by atoms with Gasteiger partial charge in [-0.05, 0) is 49.7 Å². The normalized spacial score (nSPS) is 15.3. The molecule has 3 rings (SSSR count). The van der Waals surface area contributed by atoms with Crippen LogP contribution in [0.15, 0.2) is 70.4 Å². The highest BCUT2D eigenvalue weighted by Gasteiger charge is 2.36. The molecule has 0 radical (unpaired) electrons. The van der Waals surface area contributed by atoms with Crippen LogP contribution in [0.1, 0.15) is 35.7 Å². The molecule has 2 aromatic rings. The molecule has 34 heavy (non-hydrogen) atoms. The molecular weight excluding hydrogens is 474 g/mol. The number of allylic oxidation sites excluding steroid dienone is 2. The number of methoxy groups -OCH3 is 1. The highest BCUT2D eigenvalue weighted by atomic mass is 35.5. The zero-order valence-electron chi connectivity index (χ0n) is 18.8. The average Bonchev–Trinajstić information content (AvgIpc) is 2.82. The first kappa shape index (κ1) is 25.1. The number of thioether (sulfide) groups is 1. The highest BCUT2D eigenvalue weighted by Crippen LogP contribution is 2.43. The number of benzene rings is 2. The fourth-order valence-electron chi connectivity index (χ4n) is 3.55. The van der Waals surface area contributed by atoms with Gasteiger partial charge in [-0.3, -0.25) is 9.59 Å². The fourth-order valence-corrected chi connectivity index (χ4v) is 4.69. The molecular formula is C25H22ClN3O4S. The average molecular weight is 496 g/mol. The Kier molecular flexibility index (Phi) is 8.16. The van der Waals surface area contributed by atoms with Gasteiger partial charge in [-0.25, -0.2) is 4.79 Å². The molecule has 174 valence electrons. The second-order valence-electron chi connectivity index (χ2n) is 7.43. The Morgan fingerprint density at radius 1 is 1.18 bits per heavy atom. The van der Waals surface area contributed by atoms with E-state index >= 15 is 0 Å². The van der Waals surface area contributed by atoms with E-state index in [0.29, 0.717) is 32.6 Å². The van der Waals surface area contributed by atoms with Crippen LogP contribution in [-0.2, 0) is 14.3 Å². The summed E-state index contributed by atoms with van der Waals surface area (Å²) in [7, 11) is 1.28. The van der Waals surface area contributed by atoms with Crippen molar-refractivity contribution in [2.75, 3.05) is 18.2 Å². The molecule has 0 bridgehead atoms. The van der Waals surface area contributed by atoms with Gasteiger partial charge < -0.3 is 15.4 Å². The molecule has 9 heteroatoms. The Hall–Kier alpha value is -3.54. The number of hydrogen-bond acceptors (Lipinski definition) is 7. The molecule has 2 N–H and O–H groups in total. The lowest BCUT2D eigenvalue weighted by Crippen LogP contribution is -2.29. The lowest BCUT2D eigenvalue weighted by molar-refractivity contribution is -0.136. The van der Waals surface area contributed by atoms with Crippen LogP contribution in [0.2, 0.25) is 5.02 Å². The van der Waals surface area contributed by atoms with Crippen molar-refractivity contribution in [3.8, 4) is 6.07 Å². The number of anilines is 1. The van der Waals surface area contributed by atoms with Gasteiger partial charge in [0.05, 0.1) is 41.0 Å². The minimum atomic E-state index is -0.739. The van der Waals surface area contributed by atoms with Crippen molar-refractivity contribution in [2.24, 2.45) is 0 Å². The van der Waals surface area contributed by atoms with Crippen LogP contribution in [-0.4, -0.2) is 30.5 Å². The van der Waals surface area contributed by atoms with Gasteiger partial charge in [0.15, 0.2) is 5.78 Å². The van der Waals surface area contributed by atoms with Gasteiger partial charge in [-0.15, -0.1) is 0 Å². The van der Waals surface area contributed by atoms with E-state index in [9.17, 15) is 19.6 Å². The van der Waals surface area contributed by atoms with Crippen molar-refractivity contribution in [3.05, 3.63) is 86.6 Å². The number of hydrogen-bond donors (Lipinski definition) is 2. The third kappa shape index (κ3) is 5.50. The van der Waals surface area contributed by atoms with E-state index in [1.165, 1.54) is 14.0 Å². The molecule has 1 amide bonds. The smallest absolute Gasteiger partial charge is 0.336 e. The quantitative estimate of drug-likeness (QED) is 0.420. The number of amides is 1. The lowest BCUT2D eigenvalue weighted by Gasteiger charge is -2.29. The van der Waals surface area contributed by atoms with Gasteiger partial charge >= 0.3 is 5.97 Å². The van der Waals surface area contributed by atoms with Gasteiger partial charge in [-0.2, -0.15) is 5.26 Å². The first-order valence-corrected chi connectivity index (χ1v) is 11.6. The maximum Gasteiger partial charge on any atom is 0.336 e. The highest BCUT2D eigenvalue weighted by molar-refractivity contribution is 8.03. The molecule has 1 atom stereocenters. The van der Waals surface area contributed by atoms with Crippen LogP contribution in [0, 0.1) is 11.3 Å². The Bertz CT molecular complexity index is 1250. The number of nitrogens with zero attached hydrogens (tertiary/aromatic N) is 1. The standard InChI is InChI=1S/C25H22ClN3O4S/c1-14-22(25(32)33-3)23(18-6-4-5-7-20(18)26)19(12-27)24(28-14)34-13-21(31)29-17-10-8-16(9-11-17)15(2)30/h4-11,23,28H,13H2,1-3H3,(H,29,31)/t23-/m1/s1. The molecule has 1 heterocycles. The second-order valence-corrected chi connectivity index (χ2v) is 8.83. The van der Waals surface area contributed by atoms with E-state index in [1.807, 2.05) is 0 Å². The zero-order chi connectivity index (χ0) is 24.8. The van der Waals surface area contributed by atoms with Gasteiger partial charge in [0.25, 0.3) is 0 Å². The number of nitriles is 1. The van der Waals surface area contributed by atoms with Crippen molar-refractivity contribution in [3.63, 3.8) is 0 Å². The summed E-state index contributed by atoms with van der Waals surface area (Å²) in [5.74, 6) is -1.65. The first-order chi connectivity index (χ1) is 16.3. The molecule has 7 nitrogen and oxygen atoms in total. The number of carbonyl (C=O) groups is 3. The summed E-state index contributed by atoms with van der Waals surface area (Å²) >= 11 is 7.56. The Labute approximate surface area is 206 Å². The van der Waals surface area contributed by atoms with E-state index in [1.54, 1.807) is 55.5 Å². The van der Waals surface area contributed by atoms with E-state index in [2.05, 4.69) is 16.7 Å². The van der Waals surface area contributed by atoms with Crippen molar-refractivity contribution >= 4 is 46.7 Å². The summed E-state index contributed by atoms with van der Waals surface area (Å²) in [6.45, 7) is 3.18. The minimum absolute atomic E-state index is 0.0120. The lowest BCUT2D eigenvalue weighted by atomic mass is 9.82. The van der Waals surface area contributed by atoms with Crippen molar-refractivity contribution in [1.82, 2.24) is 5.32 Å². The molecule has 0 fully saturated rings. The topological polar surface area (TPSA) is 108 Å². The molecule has 1 aliphatic rings. The molecule has 1 aliphatic heterocycles. The number of nitrogens with one attached hydrogen (secondary N) is 2. The maximum atomic E-state index is 12.6. The number of carbonyl (C=O) groups excluding carboxylic acids is 3. The molecule has 2 aromatic carbocycles. The predicted molar refractivity (Wildman–Crippen MR) is 132 cm³/mol. The molecule has 0 saturated heterocycles. The number of Topliss-reactive ketones (excluding diaryl/α,β-unsaturated/α-hetero) is 1. The molecule has 0 spiro atoms. The van der Waals surface area contributed by atoms with Crippen LogP contribution in [0.25, 0.3) is 0 Å². The largest absolute Gasteiger partial charge is 0.466 e. The number of ketones is 1. The van der Waals surface area contributed by atoms with Crippen molar-refractivity contribution in [2.45, 2.75) is 19.8 Å². The van der Waals surface area contributed by atoms with Gasteiger partial charge in [-0.1, -0.05) is 41.6 Å². The number of halogens is 1. The molecule has 0 aliphatic carbocycles. The van der Waals surface area contributed by atoms with E-state index < -0.39 is 11.9 Å². The molecule has 0 saturated carbocycles. The van der Waals surface area contributed by atoms with Gasteiger partial charge in [0, 0.05) is 22.0 Å². The number of ether oxygens (including phenoxy) is 1. The summed E-state index contributed by atoms with van der Waals surface area (Å²) in [6, 6.07) is 15.8. The monoisotopic (exact) mass is 495 g/mol. The number of esters is 1. The maximum absolute atomic E-state index is 12.6. The Morgan fingerprint density at radius 2 is 1.85 bits per heavy atom. The SMILES string of the molecule is COC(=O)C1=C(C)NC(SCC(=O)Nc2ccc(C(C)=O)cc2)=C(C#N)[C@H]1c1ccccc1Cl. The third-order valence-corrected chi connectivity index (χ3v) is 6.55. The first-order valence-electron chi connectivity index (χ1n) is 10.2. The fraction of sp³-hybridized carbons (Fsp3) is 0.200. The Balaban J connectivity index is 1.86. The minimum Gasteiger partial charge on any atom is -0.466 e. The van der Waals surface area contributed by atoms with Crippen LogP contribution in [0.5, 0.6) is 0 Å². The summed E-state index contributed by atoms with van der Waals surface area (Å²) < 4.78 is 4.96. The van der Waals surface area contributed by atoms with Crippen LogP contribution < -0.4 is 10.6 Å². The van der Waals surface area contributed by atoms with Crippen LogP contribution >= 0.6 is 23.4 Å². The summed E-state index contributed by atoms with van der Waals surface area (Å²) in [5.41, 5.74) is 2.76. The van der Waals surface area contributed by atoms with E-state index in [-0.39, 0.29) is 28.6 Å². The van der Waals surface area contributed by atoms with E-state index in [0.717, 1.165) is 11.8 Å².